The highest BCUT2D eigenvalue weighted by Gasteiger charge is 2.11. The van der Waals surface area contributed by atoms with Gasteiger partial charge in [-0.3, -0.25) is 0 Å². The molecule has 1 nitrogen and oxygen atoms in total. The van der Waals surface area contributed by atoms with Crippen molar-refractivity contribution in [3.05, 3.63) is 24.3 Å². The first-order valence-electron chi connectivity index (χ1n) is 3.18. The molecule has 1 unspecified atom stereocenters. The minimum Gasteiger partial charge on any atom is -0.384 e. The molecule has 0 aromatic heterocycles. The van der Waals surface area contributed by atoms with E-state index in [1.807, 2.05) is 0 Å². The number of methoxy groups -OCH3 is 1. The zero-order valence-corrected chi connectivity index (χ0v) is 5.76. The van der Waals surface area contributed by atoms with Crippen LogP contribution in [0.25, 0.3) is 0 Å². The molecule has 0 aromatic rings. The van der Waals surface area contributed by atoms with E-state index in [-0.39, 0.29) is 0 Å². The van der Waals surface area contributed by atoms with Gasteiger partial charge in [-0.05, 0) is 6.42 Å². The maximum atomic E-state index is 4.98. The Morgan fingerprint density at radius 2 is 2.67 bits per heavy atom. The Morgan fingerprint density at radius 3 is 3.11 bits per heavy atom. The second-order valence-electron chi connectivity index (χ2n) is 2.35. The molecule has 0 fully saturated rings. The van der Waals surface area contributed by atoms with Crippen molar-refractivity contribution in [2.45, 2.75) is 6.42 Å². The highest BCUT2D eigenvalue weighted by molar-refractivity contribution is 5.20. The molecule has 1 aliphatic rings. The third-order valence-corrected chi connectivity index (χ3v) is 1.62. The van der Waals surface area contributed by atoms with Gasteiger partial charge in [0.1, 0.15) is 0 Å². The van der Waals surface area contributed by atoms with Gasteiger partial charge in [0.05, 0.1) is 6.61 Å². The molecule has 0 saturated carbocycles. The van der Waals surface area contributed by atoms with E-state index in [9.17, 15) is 0 Å². The first-order valence-corrected chi connectivity index (χ1v) is 3.18. The summed E-state index contributed by atoms with van der Waals surface area (Å²) in [5.41, 5.74) is 1.27. The van der Waals surface area contributed by atoms with Gasteiger partial charge in [-0.1, -0.05) is 24.3 Å². The van der Waals surface area contributed by atoms with E-state index < -0.39 is 0 Å². The zero-order valence-electron chi connectivity index (χ0n) is 5.76. The number of ether oxygens (including phenoxy) is 1. The van der Waals surface area contributed by atoms with Crippen molar-refractivity contribution in [3.63, 3.8) is 0 Å². The number of hydrogen-bond donors (Lipinski definition) is 0. The minimum atomic E-state index is 0.481. The van der Waals surface area contributed by atoms with Crippen LogP contribution in [0, 0.1) is 5.92 Å². The second kappa shape index (κ2) is 2.83. The van der Waals surface area contributed by atoms with Crippen molar-refractivity contribution in [1.82, 2.24) is 0 Å². The smallest absolute Gasteiger partial charge is 0.0562 e. The van der Waals surface area contributed by atoms with E-state index in [0.717, 1.165) is 13.0 Å². The van der Waals surface area contributed by atoms with Crippen LogP contribution in [0.1, 0.15) is 6.42 Å². The van der Waals surface area contributed by atoms with Crippen molar-refractivity contribution in [3.8, 4) is 0 Å². The summed E-state index contributed by atoms with van der Waals surface area (Å²) in [6.45, 7) is 4.70. The lowest BCUT2D eigenvalue weighted by Crippen LogP contribution is -2.03. The molecule has 0 radical (unpaired) electrons. The van der Waals surface area contributed by atoms with Crippen molar-refractivity contribution < 1.29 is 4.74 Å². The van der Waals surface area contributed by atoms with Gasteiger partial charge in [0.15, 0.2) is 0 Å². The third-order valence-electron chi connectivity index (χ3n) is 1.62. The van der Waals surface area contributed by atoms with Crippen LogP contribution in [-0.4, -0.2) is 13.7 Å². The lowest BCUT2D eigenvalue weighted by Gasteiger charge is -2.06. The van der Waals surface area contributed by atoms with E-state index in [4.69, 9.17) is 4.74 Å². The van der Waals surface area contributed by atoms with Crippen molar-refractivity contribution in [1.29, 1.82) is 0 Å². The molecule has 50 valence electrons. The summed E-state index contributed by atoms with van der Waals surface area (Å²) in [6, 6.07) is 0. The van der Waals surface area contributed by atoms with Crippen LogP contribution in [0.2, 0.25) is 0 Å². The lowest BCUT2D eigenvalue weighted by atomic mass is 10.1. The van der Waals surface area contributed by atoms with Crippen LogP contribution in [0.3, 0.4) is 0 Å². The van der Waals surface area contributed by atoms with Crippen LogP contribution >= 0.6 is 0 Å². The maximum Gasteiger partial charge on any atom is 0.0562 e. The molecule has 0 bridgehead atoms. The topological polar surface area (TPSA) is 9.23 Å². The van der Waals surface area contributed by atoms with Gasteiger partial charge in [-0.2, -0.15) is 0 Å². The van der Waals surface area contributed by atoms with E-state index in [1.165, 1.54) is 5.57 Å². The summed E-state index contributed by atoms with van der Waals surface area (Å²) in [5.74, 6) is 0.481. The molecule has 0 aliphatic heterocycles. The van der Waals surface area contributed by atoms with E-state index in [1.54, 1.807) is 7.11 Å². The normalized spacial score (nSPS) is 25.4. The molecule has 9 heavy (non-hydrogen) atoms. The fourth-order valence-corrected chi connectivity index (χ4v) is 1.02. The quantitative estimate of drug-likeness (QED) is 0.510. The molecule has 0 aromatic carbocycles. The Hall–Kier alpha value is -0.560. The van der Waals surface area contributed by atoms with E-state index >= 15 is 0 Å². The standard InChI is InChI=1S/C8H12O/c1-7-4-3-5-8(7)6-9-2/h3,5,8H,1,4,6H2,2H3. The Balaban J connectivity index is 2.40. The first-order chi connectivity index (χ1) is 4.34. The maximum absolute atomic E-state index is 4.98. The monoisotopic (exact) mass is 124 g/mol. The van der Waals surface area contributed by atoms with Crippen molar-refractivity contribution in [2.24, 2.45) is 5.92 Å². The van der Waals surface area contributed by atoms with Gasteiger partial charge in [0, 0.05) is 13.0 Å². The predicted octanol–water partition coefficient (Wildman–Crippen LogP) is 1.77. The van der Waals surface area contributed by atoms with Crippen LogP contribution in [0.5, 0.6) is 0 Å². The number of hydrogen-bond acceptors (Lipinski definition) is 1. The summed E-state index contributed by atoms with van der Waals surface area (Å²) in [7, 11) is 1.72. The Bertz CT molecular complexity index is 136. The largest absolute Gasteiger partial charge is 0.384 e. The summed E-state index contributed by atoms with van der Waals surface area (Å²) in [4.78, 5) is 0. The van der Waals surface area contributed by atoms with Crippen LogP contribution in [-0.2, 0) is 4.74 Å². The van der Waals surface area contributed by atoms with Crippen molar-refractivity contribution in [2.75, 3.05) is 13.7 Å². The van der Waals surface area contributed by atoms with Gasteiger partial charge in [-0.15, -0.1) is 0 Å². The molecule has 0 amide bonds. The Morgan fingerprint density at radius 1 is 1.89 bits per heavy atom. The predicted molar refractivity (Wildman–Crippen MR) is 38.3 cm³/mol. The molecule has 0 heterocycles. The molecular weight excluding hydrogens is 112 g/mol. The molecule has 1 rings (SSSR count). The third kappa shape index (κ3) is 1.42. The average Bonchev–Trinajstić information content (AvgIpc) is 2.18. The average molecular weight is 124 g/mol. The fraction of sp³-hybridized carbons (Fsp3) is 0.500. The van der Waals surface area contributed by atoms with Gasteiger partial charge < -0.3 is 4.74 Å². The van der Waals surface area contributed by atoms with Crippen LogP contribution in [0.4, 0.5) is 0 Å². The second-order valence-corrected chi connectivity index (χ2v) is 2.35. The number of allylic oxidation sites excluding steroid dienone is 1. The molecule has 0 spiro atoms. The van der Waals surface area contributed by atoms with Gasteiger partial charge in [-0.25, -0.2) is 0 Å². The molecular formula is C8H12O. The molecule has 0 saturated heterocycles. The van der Waals surface area contributed by atoms with Crippen LogP contribution < -0.4 is 0 Å². The Labute approximate surface area is 56.0 Å². The summed E-state index contributed by atoms with van der Waals surface area (Å²) in [6.07, 6.45) is 5.34. The first kappa shape index (κ1) is 6.56. The zero-order chi connectivity index (χ0) is 6.69. The van der Waals surface area contributed by atoms with E-state index in [2.05, 4.69) is 18.7 Å². The highest BCUT2D eigenvalue weighted by Crippen LogP contribution is 2.21. The lowest BCUT2D eigenvalue weighted by molar-refractivity contribution is 0.182. The fourth-order valence-electron chi connectivity index (χ4n) is 1.02. The van der Waals surface area contributed by atoms with E-state index in [0.29, 0.717) is 5.92 Å². The van der Waals surface area contributed by atoms with Gasteiger partial charge in [0.25, 0.3) is 0 Å². The summed E-state index contributed by atoms with van der Waals surface area (Å²) in [5, 5.41) is 0. The minimum absolute atomic E-state index is 0.481. The SMILES string of the molecule is C=C1CC=CC1COC. The molecule has 1 heteroatoms. The molecule has 1 atom stereocenters. The van der Waals surface area contributed by atoms with Crippen LogP contribution in [0.15, 0.2) is 24.3 Å². The highest BCUT2D eigenvalue weighted by atomic mass is 16.5. The Kier molecular flexibility index (Phi) is 2.06. The summed E-state index contributed by atoms with van der Waals surface area (Å²) < 4.78 is 4.98. The van der Waals surface area contributed by atoms with Gasteiger partial charge in [0.2, 0.25) is 0 Å². The number of rotatable bonds is 2. The molecule has 0 N–H and O–H groups in total. The van der Waals surface area contributed by atoms with Crippen molar-refractivity contribution >= 4 is 0 Å². The molecule has 1 aliphatic carbocycles. The van der Waals surface area contributed by atoms with Gasteiger partial charge >= 0.3 is 0 Å². The summed E-state index contributed by atoms with van der Waals surface area (Å²) >= 11 is 0.